The second kappa shape index (κ2) is 5.65. The molecule has 3 heterocycles. The average Bonchev–Trinajstić information content (AvgIpc) is 3.11. The Morgan fingerprint density at radius 3 is 2.63 bits per heavy atom. The first kappa shape index (κ1) is 15.4. The molecular weight excluding hydrogens is 376 g/mol. The van der Waals surface area contributed by atoms with E-state index >= 15 is 0 Å². The summed E-state index contributed by atoms with van der Waals surface area (Å²) in [6, 6.07) is 24.4. The van der Waals surface area contributed by atoms with E-state index in [-0.39, 0.29) is 5.44 Å². The van der Waals surface area contributed by atoms with E-state index in [9.17, 15) is 0 Å². The number of hydrogen-bond acceptors (Lipinski definition) is 3. The molecule has 2 aliphatic rings. The molecule has 0 saturated heterocycles. The van der Waals surface area contributed by atoms with E-state index in [1.54, 1.807) is 11.8 Å². The number of benzene rings is 3. The topological polar surface area (TPSA) is 27.1 Å². The lowest BCUT2D eigenvalue weighted by atomic mass is 9.98. The highest BCUT2D eigenvalue weighted by atomic mass is 35.5. The van der Waals surface area contributed by atoms with Gasteiger partial charge in [0.1, 0.15) is 11.4 Å². The maximum absolute atomic E-state index is 6.35. The third-order valence-electron chi connectivity index (χ3n) is 4.97. The molecular formula is C22H13ClN2OS. The molecule has 27 heavy (non-hydrogen) atoms. The summed E-state index contributed by atoms with van der Waals surface area (Å²) in [4.78, 5) is 1.19. The van der Waals surface area contributed by atoms with Crippen LogP contribution in [0.3, 0.4) is 0 Å². The SMILES string of the molecule is Clc1ccc2c(c1)-c1c3c(nn1-c1ccccc1)-c1ccccc1SC3O2. The maximum atomic E-state index is 6.35. The van der Waals surface area contributed by atoms with Crippen LogP contribution in [0.5, 0.6) is 5.75 Å². The highest BCUT2D eigenvalue weighted by Crippen LogP contribution is 2.56. The third-order valence-corrected chi connectivity index (χ3v) is 6.36. The van der Waals surface area contributed by atoms with Crippen LogP contribution in [-0.2, 0) is 0 Å². The first-order valence-electron chi connectivity index (χ1n) is 8.70. The third kappa shape index (κ3) is 2.20. The fraction of sp³-hybridized carbons (Fsp3) is 0.0455. The van der Waals surface area contributed by atoms with Gasteiger partial charge >= 0.3 is 0 Å². The second-order valence-electron chi connectivity index (χ2n) is 6.56. The average molecular weight is 389 g/mol. The maximum Gasteiger partial charge on any atom is 0.178 e. The number of ether oxygens (including phenoxy) is 1. The quantitative estimate of drug-likeness (QED) is 0.380. The van der Waals surface area contributed by atoms with E-state index in [1.165, 1.54) is 4.90 Å². The lowest BCUT2D eigenvalue weighted by Crippen LogP contribution is -2.14. The Morgan fingerprint density at radius 1 is 0.926 bits per heavy atom. The molecule has 5 heteroatoms. The number of hydrogen-bond donors (Lipinski definition) is 0. The summed E-state index contributed by atoms with van der Waals surface area (Å²) in [6.07, 6.45) is 0. The molecule has 4 aromatic rings. The summed E-state index contributed by atoms with van der Waals surface area (Å²) in [7, 11) is 0. The van der Waals surface area contributed by atoms with Crippen molar-refractivity contribution in [2.75, 3.05) is 0 Å². The minimum Gasteiger partial charge on any atom is -0.474 e. The van der Waals surface area contributed by atoms with Crippen molar-refractivity contribution in [3.63, 3.8) is 0 Å². The Hall–Kier alpha value is -2.69. The fourth-order valence-electron chi connectivity index (χ4n) is 3.80. The van der Waals surface area contributed by atoms with Crippen molar-refractivity contribution >= 4 is 23.4 Å². The fourth-order valence-corrected chi connectivity index (χ4v) is 5.14. The molecule has 0 bridgehead atoms. The van der Waals surface area contributed by atoms with Crippen LogP contribution in [0.4, 0.5) is 0 Å². The smallest absolute Gasteiger partial charge is 0.178 e. The van der Waals surface area contributed by atoms with Crippen LogP contribution in [-0.4, -0.2) is 9.78 Å². The summed E-state index contributed by atoms with van der Waals surface area (Å²) in [5, 5.41) is 5.72. The van der Waals surface area contributed by atoms with Gasteiger partial charge in [-0.15, -0.1) is 0 Å². The van der Waals surface area contributed by atoms with E-state index in [4.69, 9.17) is 21.4 Å². The molecule has 0 spiro atoms. The van der Waals surface area contributed by atoms with E-state index in [1.807, 2.05) is 41.1 Å². The number of para-hydroxylation sites is 1. The second-order valence-corrected chi connectivity index (χ2v) is 8.10. The van der Waals surface area contributed by atoms with Crippen molar-refractivity contribution in [2.24, 2.45) is 0 Å². The monoisotopic (exact) mass is 388 g/mol. The van der Waals surface area contributed by atoms with Gasteiger partial charge in [0.2, 0.25) is 0 Å². The Bertz CT molecular complexity index is 1200. The van der Waals surface area contributed by atoms with Crippen LogP contribution in [0.25, 0.3) is 28.2 Å². The van der Waals surface area contributed by atoms with Crippen molar-refractivity contribution in [1.82, 2.24) is 9.78 Å². The summed E-state index contributed by atoms with van der Waals surface area (Å²) >= 11 is 8.06. The molecule has 0 N–H and O–H groups in total. The Kier molecular flexibility index (Phi) is 3.22. The van der Waals surface area contributed by atoms with E-state index < -0.39 is 0 Å². The van der Waals surface area contributed by atoms with Crippen LogP contribution < -0.4 is 4.74 Å². The van der Waals surface area contributed by atoms with Crippen LogP contribution in [0, 0.1) is 0 Å². The van der Waals surface area contributed by atoms with Gasteiger partial charge in [0.05, 0.1) is 16.9 Å². The molecule has 2 aliphatic heterocycles. The van der Waals surface area contributed by atoms with Crippen molar-refractivity contribution in [3.8, 4) is 34.0 Å². The summed E-state index contributed by atoms with van der Waals surface area (Å²) < 4.78 is 8.38. The van der Waals surface area contributed by atoms with Crippen LogP contribution >= 0.6 is 23.4 Å². The lowest BCUT2D eigenvalue weighted by molar-refractivity contribution is 0.291. The Labute approximate surface area is 165 Å². The van der Waals surface area contributed by atoms with Gasteiger partial charge < -0.3 is 4.74 Å². The van der Waals surface area contributed by atoms with Gasteiger partial charge in [0.25, 0.3) is 0 Å². The summed E-state index contributed by atoms with van der Waals surface area (Å²) in [6.45, 7) is 0. The highest BCUT2D eigenvalue weighted by Gasteiger charge is 2.38. The molecule has 0 aliphatic carbocycles. The number of nitrogens with zero attached hydrogens (tertiary/aromatic N) is 2. The van der Waals surface area contributed by atoms with E-state index in [0.717, 1.165) is 39.5 Å². The van der Waals surface area contributed by atoms with Gasteiger partial charge in [-0.05, 0) is 36.4 Å². The minimum absolute atomic E-state index is 0.115. The molecule has 130 valence electrons. The zero-order valence-electron chi connectivity index (χ0n) is 14.1. The van der Waals surface area contributed by atoms with Crippen molar-refractivity contribution in [3.05, 3.63) is 83.4 Å². The Balaban J connectivity index is 1.73. The molecule has 3 aromatic carbocycles. The molecule has 1 aromatic heterocycles. The zero-order chi connectivity index (χ0) is 18.0. The van der Waals surface area contributed by atoms with Gasteiger partial charge in [-0.2, -0.15) is 5.10 Å². The van der Waals surface area contributed by atoms with Gasteiger partial charge in [-0.25, -0.2) is 4.68 Å². The summed E-state index contributed by atoms with van der Waals surface area (Å²) in [5.41, 5.74) is 6.21. The lowest BCUT2D eigenvalue weighted by Gasteiger charge is -2.30. The number of fused-ring (bicyclic) bond motifs is 4. The van der Waals surface area contributed by atoms with Crippen molar-refractivity contribution < 1.29 is 4.74 Å². The number of rotatable bonds is 1. The van der Waals surface area contributed by atoms with Gasteiger partial charge in [0.15, 0.2) is 5.44 Å². The molecule has 0 fully saturated rings. The molecule has 1 atom stereocenters. The van der Waals surface area contributed by atoms with E-state index in [2.05, 4.69) is 36.4 Å². The van der Waals surface area contributed by atoms with Crippen LogP contribution in [0.15, 0.2) is 77.7 Å². The number of thioether (sulfide) groups is 1. The van der Waals surface area contributed by atoms with Crippen molar-refractivity contribution in [2.45, 2.75) is 10.3 Å². The predicted octanol–water partition coefficient (Wildman–Crippen LogP) is 6.36. The summed E-state index contributed by atoms with van der Waals surface area (Å²) in [5.74, 6) is 0.840. The number of aromatic nitrogens is 2. The molecule has 0 amide bonds. The first-order valence-corrected chi connectivity index (χ1v) is 9.96. The Morgan fingerprint density at radius 2 is 1.74 bits per heavy atom. The number of halogens is 1. The van der Waals surface area contributed by atoms with Gasteiger partial charge in [-0.1, -0.05) is 59.8 Å². The predicted molar refractivity (Wildman–Crippen MR) is 109 cm³/mol. The molecule has 1 unspecified atom stereocenters. The molecule has 0 saturated carbocycles. The van der Waals surface area contributed by atoms with E-state index in [0.29, 0.717) is 5.02 Å². The van der Waals surface area contributed by atoms with Crippen LogP contribution in [0.2, 0.25) is 5.02 Å². The van der Waals surface area contributed by atoms with Crippen LogP contribution in [0.1, 0.15) is 11.0 Å². The van der Waals surface area contributed by atoms with Gasteiger partial charge in [0, 0.05) is 21.0 Å². The zero-order valence-corrected chi connectivity index (χ0v) is 15.7. The first-order chi connectivity index (χ1) is 13.3. The molecule has 6 rings (SSSR count). The van der Waals surface area contributed by atoms with Crippen molar-refractivity contribution in [1.29, 1.82) is 0 Å². The normalized spacial score (nSPS) is 16.1. The van der Waals surface area contributed by atoms with Gasteiger partial charge in [-0.3, -0.25) is 0 Å². The molecule has 3 nitrogen and oxygen atoms in total. The standard InChI is InChI=1S/C22H13ClN2OS/c23-13-10-11-17-16(12-13)21-19-20(24-25(21)14-6-2-1-3-7-14)15-8-4-5-9-18(15)27-22(19)26-17/h1-12,22H. The highest BCUT2D eigenvalue weighted by molar-refractivity contribution is 7.99. The largest absolute Gasteiger partial charge is 0.474 e. The molecule has 0 radical (unpaired) electrons. The minimum atomic E-state index is -0.115.